The summed E-state index contributed by atoms with van der Waals surface area (Å²) in [5.41, 5.74) is 0. The SMILES string of the molecule is CCC=CP(=O)(CC)OCC(F)(F)F. The lowest BCUT2D eigenvalue weighted by Crippen LogP contribution is -2.15. The molecule has 0 spiro atoms. The van der Waals surface area contributed by atoms with Gasteiger partial charge in [0.05, 0.1) is 0 Å². The minimum absolute atomic E-state index is 0.0829. The number of allylic oxidation sites excluding steroid dienone is 1. The Morgan fingerprint density at radius 1 is 1.36 bits per heavy atom. The van der Waals surface area contributed by atoms with Gasteiger partial charge in [-0.2, -0.15) is 13.2 Å². The molecule has 0 aliphatic carbocycles. The quantitative estimate of drug-likeness (QED) is 0.671. The van der Waals surface area contributed by atoms with Gasteiger partial charge in [-0.25, -0.2) is 0 Å². The van der Waals surface area contributed by atoms with Crippen LogP contribution in [0.1, 0.15) is 20.3 Å². The zero-order valence-corrected chi connectivity index (χ0v) is 9.07. The van der Waals surface area contributed by atoms with Crippen LogP contribution in [-0.2, 0) is 9.09 Å². The molecule has 0 saturated carbocycles. The Labute approximate surface area is 81.6 Å². The van der Waals surface area contributed by atoms with Crippen LogP contribution in [0.5, 0.6) is 0 Å². The number of halogens is 3. The predicted molar refractivity (Wildman–Crippen MR) is 49.6 cm³/mol. The van der Waals surface area contributed by atoms with Crippen molar-refractivity contribution in [1.82, 2.24) is 0 Å². The Morgan fingerprint density at radius 2 is 1.93 bits per heavy atom. The molecule has 0 aromatic rings. The first-order valence-corrected chi connectivity index (χ1v) is 6.18. The Balaban J connectivity index is 4.27. The summed E-state index contributed by atoms with van der Waals surface area (Å²) in [6.07, 6.45) is -2.16. The summed E-state index contributed by atoms with van der Waals surface area (Å²) in [6.45, 7) is 1.89. The van der Waals surface area contributed by atoms with Gasteiger partial charge in [-0.05, 0) is 12.2 Å². The monoisotopic (exact) mass is 230 g/mol. The fourth-order valence-corrected chi connectivity index (χ4v) is 2.06. The summed E-state index contributed by atoms with van der Waals surface area (Å²) in [4.78, 5) is 0. The largest absolute Gasteiger partial charge is 0.412 e. The molecule has 14 heavy (non-hydrogen) atoms. The van der Waals surface area contributed by atoms with Crippen LogP contribution in [0.4, 0.5) is 13.2 Å². The minimum Gasteiger partial charge on any atom is -0.316 e. The van der Waals surface area contributed by atoms with E-state index in [-0.39, 0.29) is 6.16 Å². The van der Waals surface area contributed by atoms with Crippen LogP contribution in [0.2, 0.25) is 0 Å². The van der Waals surface area contributed by atoms with Crippen LogP contribution in [0.15, 0.2) is 11.9 Å². The van der Waals surface area contributed by atoms with Gasteiger partial charge in [-0.15, -0.1) is 0 Å². The van der Waals surface area contributed by atoms with E-state index in [9.17, 15) is 17.7 Å². The molecule has 2 nitrogen and oxygen atoms in total. The van der Waals surface area contributed by atoms with E-state index < -0.39 is 20.2 Å². The maximum atomic E-state index is 11.8. The lowest BCUT2D eigenvalue weighted by Gasteiger charge is -2.14. The van der Waals surface area contributed by atoms with Crippen LogP contribution in [0, 0.1) is 0 Å². The van der Waals surface area contributed by atoms with Crippen LogP contribution in [-0.4, -0.2) is 18.9 Å². The fraction of sp³-hybridized carbons (Fsp3) is 0.750. The van der Waals surface area contributed by atoms with Crippen molar-refractivity contribution in [2.45, 2.75) is 26.4 Å². The van der Waals surface area contributed by atoms with Crippen molar-refractivity contribution in [3.8, 4) is 0 Å². The van der Waals surface area contributed by atoms with Crippen molar-refractivity contribution in [2.24, 2.45) is 0 Å². The summed E-state index contributed by atoms with van der Waals surface area (Å²) < 4.78 is 51.3. The van der Waals surface area contributed by atoms with Gasteiger partial charge >= 0.3 is 6.18 Å². The molecule has 0 radical (unpaired) electrons. The van der Waals surface area contributed by atoms with E-state index in [1.54, 1.807) is 13.0 Å². The topological polar surface area (TPSA) is 26.3 Å². The van der Waals surface area contributed by atoms with Gasteiger partial charge in [0.25, 0.3) is 0 Å². The zero-order chi connectivity index (χ0) is 11.2. The van der Waals surface area contributed by atoms with Crippen molar-refractivity contribution in [3.63, 3.8) is 0 Å². The van der Waals surface area contributed by atoms with E-state index in [4.69, 9.17) is 0 Å². The molecule has 0 aliphatic rings. The van der Waals surface area contributed by atoms with Gasteiger partial charge < -0.3 is 4.52 Å². The Morgan fingerprint density at radius 3 is 2.29 bits per heavy atom. The van der Waals surface area contributed by atoms with Crippen molar-refractivity contribution < 1.29 is 22.3 Å². The molecule has 0 aliphatic heterocycles. The normalized spacial score (nSPS) is 17.2. The van der Waals surface area contributed by atoms with E-state index in [0.29, 0.717) is 6.42 Å². The highest BCUT2D eigenvalue weighted by Gasteiger charge is 2.31. The minimum atomic E-state index is -4.43. The summed E-state index contributed by atoms with van der Waals surface area (Å²) in [6, 6.07) is 0. The molecule has 0 rings (SSSR count). The summed E-state index contributed by atoms with van der Waals surface area (Å²) >= 11 is 0. The summed E-state index contributed by atoms with van der Waals surface area (Å²) in [5.74, 6) is 1.25. The second kappa shape index (κ2) is 5.56. The number of rotatable bonds is 5. The Bertz CT molecular complexity index is 235. The van der Waals surface area contributed by atoms with Gasteiger partial charge in [0.2, 0.25) is 7.37 Å². The second-order valence-corrected chi connectivity index (χ2v) is 5.37. The lowest BCUT2D eigenvalue weighted by atomic mass is 10.5. The van der Waals surface area contributed by atoms with Gasteiger partial charge in [0, 0.05) is 6.16 Å². The van der Waals surface area contributed by atoms with E-state index in [1.807, 2.05) is 0 Å². The molecule has 1 atom stereocenters. The zero-order valence-electron chi connectivity index (χ0n) is 8.17. The molecular formula is C8H14F3O2P. The molecule has 0 saturated heterocycles. The van der Waals surface area contributed by atoms with Crippen molar-refractivity contribution >= 4 is 7.37 Å². The van der Waals surface area contributed by atoms with E-state index in [0.717, 1.165) is 0 Å². The summed E-state index contributed by atoms with van der Waals surface area (Å²) in [5, 5.41) is 0. The maximum Gasteiger partial charge on any atom is 0.412 e. The molecule has 0 aromatic carbocycles. The third-order valence-electron chi connectivity index (χ3n) is 1.46. The smallest absolute Gasteiger partial charge is 0.316 e. The standard InChI is InChI=1S/C8H14F3O2P/c1-3-5-6-14(12,4-2)13-7-8(9,10)11/h5-6H,3-4,7H2,1-2H3. The first kappa shape index (κ1) is 13.7. The molecule has 0 fully saturated rings. The number of hydrogen-bond donors (Lipinski definition) is 0. The van der Waals surface area contributed by atoms with Crippen molar-refractivity contribution in [3.05, 3.63) is 11.9 Å². The van der Waals surface area contributed by atoms with E-state index >= 15 is 0 Å². The van der Waals surface area contributed by atoms with E-state index in [2.05, 4.69) is 4.52 Å². The van der Waals surface area contributed by atoms with Gasteiger partial charge in [-0.3, -0.25) is 4.57 Å². The van der Waals surface area contributed by atoms with E-state index in [1.165, 1.54) is 12.7 Å². The fourth-order valence-electron chi connectivity index (χ4n) is 0.688. The van der Waals surface area contributed by atoms with Crippen molar-refractivity contribution in [1.29, 1.82) is 0 Å². The van der Waals surface area contributed by atoms with Crippen LogP contribution < -0.4 is 0 Å². The molecule has 0 amide bonds. The third kappa shape index (κ3) is 6.22. The first-order valence-electron chi connectivity index (χ1n) is 4.30. The molecule has 1 unspecified atom stereocenters. The van der Waals surface area contributed by atoms with Gasteiger partial charge in [-0.1, -0.05) is 19.9 Å². The molecule has 84 valence electrons. The average molecular weight is 230 g/mol. The lowest BCUT2D eigenvalue weighted by molar-refractivity contribution is -0.153. The number of hydrogen-bond acceptors (Lipinski definition) is 2. The Kier molecular flexibility index (Phi) is 5.45. The molecular weight excluding hydrogens is 216 g/mol. The third-order valence-corrected chi connectivity index (χ3v) is 3.57. The second-order valence-electron chi connectivity index (χ2n) is 2.72. The van der Waals surface area contributed by atoms with Crippen LogP contribution in [0.3, 0.4) is 0 Å². The molecule has 6 heteroatoms. The molecule has 0 heterocycles. The first-order chi connectivity index (χ1) is 6.33. The van der Waals surface area contributed by atoms with Crippen LogP contribution >= 0.6 is 7.37 Å². The Hall–Kier alpha value is -0.280. The molecule has 0 bridgehead atoms. The maximum absolute atomic E-state index is 11.8. The predicted octanol–water partition coefficient (Wildman–Crippen LogP) is 3.79. The molecule has 0 N–H and O–H groups in total. The highest BCUT2D eigenvalue weighted by molar-refractivity contribution is 7.62. The van der Waals surface area contributed by atoms with Crippen LogP contribution in [0.25, 0.3) is 0 Å². The highest BCUT2D eigenvalue weighted by Crippen LogP contribution is 2.49. The van der Waals surface area contributed by atoms with Gasteiger partial charge in [0.1, 0.15) is 0 Å². The van der Waals surface area contributed by atoms with Gasteiger partial charge in [0.15, 0.2) is 6.61 Å². The highest BCUT2D eigenvalue weighted by atomic mass is 31.2. The average Bonchev–Trinajstić information content (AvgIpc) is 2.10. The van der Waals surface area contributed by atoms with Crippen molar-refractivity contribution in [2.75, 3.05) is 12.8 Å². The number of alkyl halides is 3. The summed E-state index contributed by atoms with van der Waals surface area (Å²) in [7, 11) is -3.21. The molecule has 0 aromatic heterocycles.